The molecule has 0 bridgehead atoms. The van der Waals surface area contributed by atoms with Crippen LogP contribution in [0.3, 0.4) is 0 Å². The molecular weight excluding hydrogens is 292 g/mol. The molecule has 18 heavy (non-hydrogen) atoms. The Morgan fingerprint density at radius 3 is 2.61 bits per heavy atom. The molecule has 4 heteroatoms. The second kappa shape index (κ2) is 7.89. The normalized spacial score (nSPS) is 14.8. The van der Waals surface area contributed by atoms with E-state index < -0.39 is 0 Å². The van der Waals surface area contributed by atoms with E-state index in [4.69, 9.17) is 5.11 Å². The maximum absolute atomic E-state index is 9.12. The molecule has 2 N–H and O–H groups in total. The zero-order valence-electron chi connectivity index (χ0n) is 11.4. The van der Waals surface area contributed by atoms with Crippen LogP contribution in [0, 0.1) is 0 Å². The second-order valence-electron chi connectivity index (χ2n) is 4.66. The van der Waals surface area contributed by atoms with Crippen molar-refractivity contribution in [2.45, 2.75) is 25.4 Å². The topological polar surface area (TPSA) is 35.5 Å². The van der Waals surface area contributed by atoms with Gasteiger partial charge in [-0.2, -0.15) is 0 Å². The minimum absolute atomic E-state index is 0.204. The number of nitrogens with one attached hydrogen (secondary N) is 1. The van der Waals surface area contributed by atoms with E-state index in [1.807, 2.05) is 27.1 Å². The van der Waals surface area contributed by atoms with Gasteiger partial charge in [0.1, 0.15) is 0 Å². The van der Waals surface area contributed by atoms with Gasteiger partial charge in [-0.25, -0.2) is 0 Å². The van der Waals surface area contributed by atoms with Crippen LogP contribution in [0.15, 0.2) is 28.7 Å². The summed E-state index contributed by atoms with van der Waals surface area (Å²) in [4.78, 5) is 2.18. The van der Waals surface area contributed by atoms with Gasteiger partial charge in [0.05, 0.1) is 6.61 Å². The molecule has 0 radical (unpaired) electrons. The molecule has 1 aromatic rings. The minimum Gasteiger partial charge on any atom is -0.395 e. The van der Waals surface area contributed by atoms with Crippen LogP contribution in [-0.2, 0) is 0 Å². The molecule has 0 saturated heterocycles. The number of nitrogens with zero attached hydrogens (tertiary/aromatic N) is 1. The van der Waals surface area contributed by atoms with E-state index in [-0.39, 0.29) is 12.6 Å². The number of rotatable bonds is 7. The largest absolute Gasteiger partial charge is 0.395 e. The Kier molecular flexibility index (Phi) is 6.86. The zero-order valence-corrected chi connectivity index (χ0v) is 12.9. The third-order valence-electron chi connectivity index (χ3n) is 3.42. The van der Waals surface area contributed by atoms with Crippen LogP contribution in [0.25, 0.3) is 0 Å². The number of hydrogen-bond acceptors (Lipinski definition) is 3. The van der Waals surface area contributed by atoms with Gasteiger partial charge in [0.15, 0.2) is 0 Å². The van der Waals surface area contributed by atoms with E-state index in [0.29, 0.717) is 6.04 Å². The predicted octanol–water partition coefficient (Wildman–Crippen LogP) is 2.41. The average molecular weight is 315 g/mol. The van der Waals surface area contributed by atoms with E-state index >= 15 is 0 Å². The first-order valence-electron chi connectivity index (χ1n) is 6.33. The molecular formula is C14H23BrN2O. The highest BCUT2D eigenvalue weighted by Crippen LogP contribution is 2.25. The first-order chi connectivity index (χ1) is 8.60. The SMILES string of the molecule is CNC(CCN(C)C(C)CO)c1ccccc1Br. The fourth-order valence-electron chi connectivity index (χ4n) is 1.91. The Bertz CT molecular complexity index is 359. The Hall–Kier alpha value is -0.420. The molecule has 0 aliphatic heterocycles. The quantitative estimate of drug-likeness (QED) is 0.811. The van der Waals surface area contributed by atoms with Crippen LogP contribution in [0.1, 0.15) is 24.9 Å². The Labute approximate surface area is 118 Å². The van der Waals surface area contributed by atoms with Crippen LogP contribution in [0.2, 0.25) is 0 Å². The number of likely N-dealkylation sites (N-methyl/N-ethyl adjacent to an activating group) is 1. The Morgan fingerprint density at radius 1 is 1.39 bits per heavy atom. The van der Waals surface area contributed by atoms with Crippen molar-refractivity contribution in [1.82, 2.24) is 10.2 Å². The van der Waals surface area contributed by atoms with Crippen molar-refractivity contribution in [2.75, 3.05) is 27.2 Å². The number of aliphatic hydroxyl groups is 1. The number of aliphatic hydroxyl groups excluding tert-OH is 1. The van der Waals surface area contributed by atoms with Crippen LogP contribution < -0.4 is 5.32 Å². The number of benzene rings is 1. The predicted molar refractivity (Wildman–Crippen MR) is 79.7 cm³/mol. The molecule has 0 aliphatic rings. The first-order valence-corrected chi connectivity index (χ1v) is 7.12. The fourth-order valence-corrected chi connectivity index (χ4v) is 2.47. The summed E-state index contributed by atoms with van der Waals surface area (Å²) in [5.41, 5.74) is 1.28. The lowest BCUT2D eigenvalue weighted by atomic mass is 10.0. The molecule has 0 amide bonds. The van der Waals surface area contributed by atoms with Gasteiger partial charge in [-0.05, 0) is 39.1 Å². The van der Waals surface area contributed by atoms with Crippen LogP contribution in [0.4, 0.5) is 0 Å². The molecule has 0 spiro atoms. The third kappa shape index (κ3) is 4.35. The molecule has 0 aromatic heterocycles. The zero-order chi connectivity index (χ0) is 13.5. The van der Waals surface area contributed by atoms with Gasteiger partial charge in [0, 0.05) is 23.1 Å². The van der Waals surface area contributed by atoms with Gasteiger partial charge < -0.3 is 15.3 Å². The molecule has 0 fully saturated rings. The number of hydrogen-bond donors (Lipinski definition) is 2. The Morgan fingerprint density at radius 2 is 2.06 bits per heavy atom. The summed E-state index contributed by atoms with van der Waals surface area (Å²) in [5.74, 6) is 0. The second-order valence-corrected chi connectivity index (χ2v) is 5.52. The summed E-state index contributed by atoms with van der Waals surface area (Å²) in [5, 5.41) is 12.5. The van der Waals surface area contributed by atoms with Crippen molar-refractivity contribution in [1.29, 1.82) is 0 Å². The minimum atomic E-state index is 0.204. The highest BCUT2D eigenvalue weighted by molar-refractivity contribution is 9.10. The lowest BCUT2D eigenvalue weighted by Gasteiger charge is -2.26. The van der Waals surface area contributed by atoms with Gasteiger partial charge in [-0.1, -0.05) is 34.1 Å². The van der Waals surface area contributed by atoms with E-state index in [2.05, 4.69) is 44.3 Å². The van der Waals surface area contributed by atoms with Crippen LogP contribution in [0.5, 0.6) is 0 Å². The summed E-state index contributed by atoms with van der Waals surface area (Å²) in [6.45, 7) is 3.19. The van der Waals surface area contributed by atoms with Crippen LogP contribution in [-0.4, -0.2) is 43.3 Å². The molecule has 0 heterocycles. The fraction of sp³-hybridized carbons (Fsp3) is 0.571. The van der Waals surface area contributed by atoms with Crippen molar-refractivity contribution in [3.8, 4) is 0 Å². The van der Waals surface area contributed by atoms with Crippen molar-refractivity contribution >= 4 is 15.9 Å². The summed E-state index contributed by atoms with van der Waals surface area (Å²) >= 11 is 3.59. The van der Waals surface area contributed by atoms with Crippen molar-refractivity contribution in [3.63, 3.8) is 0 Å². The summed E-state index contributed by atoms with van der Waals surface area (Å²) in [7, 11) is 4.03. The number of halogens is 1. The molecule has 0 saturated carbocycles. The molecule has 0 aliphatic carbocycles. The molecule has 2 atom stereocenters. The molecule has 1 rings (SSSR count). The lowest BCUT2D eigenvalue weighted by Crippen LogP contribution is -2.34. The average Bonchev–Trinajstić information content (AvgIpc) is 2.40. The van der Waals surface area contributed by atoms with Gasteiger partial charge in [0.2, 0.25) is 0 Å². The molecule has 2 unspecified atom stereocenters. The Balaban J connectivity index is 2.61. The summed E-state index contributed by atoms with van der Waals surface area (Å²) in [6, 6.07) is 8.83. The van der Waals surface area contributed by atoms with Gasteiger partial charge in [-0.15, -0.1) is 0 Å². The monoisotopic (exact) mass is 314 g/mol. The highest BCUT2D eigenvalue weighted by atomic mass is 79.9. The van der Waals surface area contributed by atoms with Crippen molar-refractivity contribution in [3.05, 3.63) is 34.3 Å². The molecule has 1 aromatic carbocycles. The summed E-state index contributed by atoms with van der Waals surface area (Å²) in [6.07, 6.45) is 1.01. The molecule has 102 valence electrons. The van der Waals surface area contributed by atoms with E-state index in [1.54, 1.807) is 0 Å². The van der Waals surface area contributed by atoms with Crippen molar-refractivity contribution < 1.29 is 5.11 Å². The third-order valence-corrected chi connectivity index (χ3v) is 4.14. The van der Waals surface area contributed by atoms with E-state index in [0.717, 1.165) is 17.4 Å². The van der Waals surface area contributed by atoms with Crippen LogP contribution >= 0.6 is 15.9 Å². The maximum atomic E-state index is 9.12. The van der Waals surface area contributed by atoms with Gasteiger partial charge >= 0.3 is 0 Å². The maximum Gasteiger partial charge on any atom is 0.0584 e. The van der Waals surface area contributed by atoms with Gasteiger partial charge in [0.25, 0.3) is 0 Å². The smallest absolute Gasteiger partial charge is 0.0584 e. The summed E-state index contributed by atoms with van der Waals surface area (Å²) < 4.78 is 1.14. The first kappa shape index (κ1) is 15.6. The van der Waals surface area contributed by atoms with Gasteiger partial charge in [-0.3, -0.25) is 0 Å². The van der Waals surface area contributed by atoms with E-state index in [1.165, 1.54) is 5.56 Å². The highest BCUT2D eigenvalue weighted by Gasteiger charge is 2.14. The van der Waals surface area contributed by atoms with E-state index in [9.17, 15) is 0 Å². The standard InChI is InChI=1S/C14H23BrN2O/c1-11(10-18)17(3)9-8-14(16-2)12-6-4-5-7-13(12)15/h4-7,11,14,16,18H,8-10H2,1-3H3. The van der Waals surface area contributed by atoms with Crippen molar-refractivity contribution in [2.24, 2.45) is 0 Å². The molecule has 3 nitrogen and oxygen atoms in total. The lowest BCUT2D eigenvalue weighted by molar-refractivity contribution is 0.154.